The number of nitrogens with zero attached hydrogens (tertiary/aromatic N) is 2. The van der Waals surface area contributed by atoms with Crippen LogP contribution < -0.4 is 5.32 Å². The van der Waals surface area contributed by atoms with Crippen LogP contribution in [-0.4, -0.2) is 47.7 Å². The van der Waals surface area contributed by atoms with Crippen molar-refractivity contribution in [1.29, 1.82) is 0 Å². The summed E-state index contributed by atoms with van der Waals surface area (Å²) in [4.78, 5) is 14.3. The Morgan fingerprint density at radius 3 is 2.95 bits per heavy atom. The predicted molar refractivity (Wildman–Crippen MR) is 79.6 cm³/mol. The summed E-state index contributed by atoms with van der Waals surface area (Å²) in [5.41, 5.74) is 2.94. The molecule has 1 amide bonds. The van der Waals surface area contributed by atoms with Gasteiger partial charge in [0.05, 0.1) is 12.1 Å². The molecule has 1 aliphatic heterocycles. The summed E-state index contributed by atoms with van der Waals surface area (Å²) in [6.07, 6.45) is 4.08. The van der Waals surface area contributed by atoms with Crippen LogP contribution >= 0.6 is 0 Å². The lowest BCUT2D eigenvalue weighted by molar-refractivity contribution is -0.120. The van der Waals surface area contributed by atoms with Gasteiger partial charge in [-0.15, -0.1) is 0 Å². The molecule has 5 nitrogen and oxygen atoms in total. The van der Waals surface area contributed by atoms with E-state index in [2.05, 4.69) is 27.5 Å². The van der Waals surface area contributed by atoms with Crippen LogP contribution in [-0.2, 0) is 11.2 Å². The number of hydrogen-bond donors (Lipinski definition) is 2. The molecular weight excluding hydrogens is 252 g/mol. The lowest BCUT2D eigenvalue weighted by Gasteiger charge is -2.29. The summed E-state index contributed by atoms with van der Waals surface area (Å²) in [5.74, 6) is 0.827. The molecule has 1 atom stereocenters. The Hall–Kier alpha value is -1.36. The lowest BCUT2D eigenvalue weighted by atomic mass is 9.95. The standard InChI is InChI=1S/C15H26N4O/c1-11-14(12(2)18-17-11)9-15(20)16-7-6-13-5-4-8-19(3)10-13/h13H,4-10H2,1-3H3,(H,16,20)(H,17,18)/t13-/m0/s1. The third kappa shape index (κ3) is 4.07. The fraction of sp³-hybridized carbons (Fsp3) is 0.733. The van der Waals surface area contributed by atoms with Crippen molar-refractivity contribution < 1.29 is 4.79 Å². The second-order valence-electron chi connectivity index (χ2n) is 6.00. The van der Waals surface area contributed by atoms with Crippen molar-refractivity contribution in [2.24, 2.45) is 5.92 Å². The molecule has 2 rings (SSSR count). The van der Waals surface area contributed by atoms with Gasteiger partial charge in [0.15, 0.2) is 0 Å². The van der Waals surface area contributed by atoms with Gasteiger partial charge in [-0.05, 0) is 52.6 Å². The van der Waals surface area contributed by atoms with Gasteiger partial charge in [0.2, 0.25) is 5.91 Å². The zero-order valence-corrected chi connectivity index (χ0v) is 12.8. The molecule has 0 saturated carbocycles. The highest BCUT2D eigenvalue weighted by Crippen LogP contribution is 2.17. The molecule has 1 fully saturated rings. The molecule has 112 valence electrons. The Morgan fingerprint density at radius 1 is 1.50 bits per heavy atom. The highest BCUT2D eigenvalue weighted by molar-refractivity contribution is 5.79. The van der Waals surface area contributed by atoms with Gasteiger partial charge in [-0.1, -0.05) is 0 Å². The first-order valence-electron chi connectivity index (χ1n) is 7.52. The number of nitrogens with one attached hydrogen (secondary N) is 2. The van der Waals surface area contributed by atoms with E-state index in [-0.39, 0.29) is 5.91 Å². The quantitative estimate of drug-likeness (QED) is 0.856. The van der Waals surface area contributed by atoms with Crippen LogP contribution in [0.2, 0.25) is 0 Å². The monoisotopic (exact) mass is 278 g/mol. The fourth-order valence-electron chi connectivity index (χ4n) is 2.98. The van der Waals surface area contributed by atoms with Crippen LogP contribution in [0, 0.1) is 19.8 Å². The Balaban J connectivity index is 1.70. The van der Waals surface area contributed by atoms with E-state index in [4.69, 9.17) is 0 Å². The number of hydrogen-bond acceptors (Lipinski definition) is 3. The molecule has 1 aliphatic rings. The van der Waals surface area contributed by atoms with E-state index in [1.54, 1.807) is 0 Å². The van der Waals surface area contributed by atoms with Crippen molar-refractivity contribution in [3.63, 3.8) is 0 Å². The Labute approximate surface area is 121 Å². The number of aromatic amines is 1. The molecule has 1 aromatic heterocycles. The fourth-order valence-corrected chi connectivity index (χ4v) is 2.98. The smallest absolute Gasteiger partial charge is 0.224 e. The van der Waals surface area contributed by atoms with Crippen molar-refractivity contribution in [2.75, 3.05) is 26.7 Å². The van der Waals surface area contributed by atoms with Crippen LogP contribution in [0.4, 0.5) is 0 Å². The number of aromatic nitrogens is 2. The van der Waals surface area contributed by atoms with Gasteiger partial charge in [-0.3, -0.25) is 9.89 Å². The van der Waals surface area contributed by atoms with Gasteiger partial charge < -0.3 is 10.2 Å². The molecule has 0 aromatic carbocycles. The Bertz CT molecular complexity index is 435. The summed E-state index contributed by atoms with van der Waals surface area (Å²) in [6.45, 7) is 7.05. The summed E-state index contributed by atoms with van der Waals surface area (Å²) < 4.78 is 0. The van der Waals surface area contributed by atoms with Gasteiger partial charge in [-0.25, -0.2) is 0 Å². The number of amides is 1. The molecule has 5 heteroatoms. The van der Waals surface area contributed by atoms with Crippen LogP contribution in [0.3, 0.4) is 0 Å². The van der Waals surface area contributed by atoms with E-state index >= 15 is 0 Å². The molecule has 0 spiro atoms. The van der Waals surface area contributed by atoms with Crippen LogP contribution in [0.1, 0.15) is 36.2 Å². The van der Waals surface area contributed by atoms with E-state index in [0.29, 0.717) is 6.42 Å². The van der Waals surface area contributed by atoms with Gasteiger partial charge >= 0.3 is 0 Å². The Morgan fingerprint density at radius 2 is 2.30 bits per heavy atom. The average molecular weight is 278 g/mol. The number of rotatable bonds is 5. The first kappa shape index (κ1) is 15.0. The Kier molecular flexibility index (Phi) is 5.17. The first-order valence-corrected chi connectivity index (χ1v) is 7.52. The maximum Gasteiger partial charge on any atom is 0.224 e. The van der Waals surface area contributed by atoms with Crippen molar-refractivity contribution in [3.05, 3.63) is 17.0 Å². The number of likely N-dealkylation sites (tertiary alicyclic amines) is 1. The van der Waals surface area contributed by atoms with Gasteiger partial charge in [0.1, 0.15) is 0 Å². The summed E-state index contributed by atoms with van der Waals surface area (Å²) >= 11 is 0. The maximum atomic E-state index is 12.0. The molecule has 20 heavy (non-hydrogen) atoms. The second kappa shape index (κ2) is 6.88. The van der Waals surface area contributed by atoms with E-state index < -0.39 is 0 Å². The number of carbonyl (C=O) groups excluding carboxylic acids is 1. The summed E-state index contributed by atoms with van der Waals surface area (Å²) in [6, 6.07) is 0. The lowest BCUT2D eigenvalue weighted by Crippen LogP contribution is -2.35. The van der Waals surface area contributed by atoms with Crippen LogP contribution in [0.25, 0.3) is 0 Å². The normalized spacial score (nSPS) is 20.1. The molecule has 0 bridgehead atoms. The third-order valence-corrected chi connectivity index (χ3v) is 4.21. The van der Waals surface area contributed by atoms with E-state index in [1.807, 2.05) is 13.8 Å². The molecule has 2 N–H and O–H groups in total. The van der Waals surface area contributed by atoms with Crippen LogP contribution in [0.15, 0.2) is 0 Å². The van der Waals surface area contributed by atoms with Gasteiger partial charge in [0.25, 0.3) is 0 Å². The minimum absolute atomic E-state index is 0.0989. The predicted octanol–water partition coefficient (Wildman–Crippen LogP) is 1.42. The molecule has 0 radical (unpaired) electrons. The minimum atomic E-state index is 0.0989. The summed E-state index contributed by atoms with van der Waals surface area (Å²) in [5, 5.41) is 10.1. The molecular formula is C15H26N4O. The molecule has 1 saturated heterocycles. The van der Waals surface area contributed by atoms with Crippen molar-refractivity contribution in [1.82, 2.24) is 20.4 Å². The minimum Gasteiger partial charge on any atom is -0.356 e. The number of piperidine rings is 1. The zero-order chi connectivity index (χ0) is 14.5. The van der Waals surface area contributed by atoms with Crippen molar-refractivity contribution in [3.8, 4) is 0 Å². The van der Waals surface area contributed by atoms with Crippen molar-refractivity contribution >= 4 is 5.91 Å². The van der Waals surface area contributed by atoms with E-state index in [9.17, 15) is 4.79 Å². The highest BCUT2D eigenvalue weighted by atomic mass is 16.1. The third-order valence-electron chi connectivity index (χ3n) is 4.21. The van der Waals surface area contributed by atoms with E-state index in [1.165, 1.54) is 19.4 Å². The number of H-pyrrole nitrogens is 1. The van der Waals surface area contributed by atoms with E-state index in [0.717, 1.165) is 42.4 Å². The first-order chi connectivity index (χ1) is 9.56. The van der Waals surface area contributed by atoms with Crippen molar-refractivity contribution in [2.45, 2.75) is 39.5 Å². The molecule has 1 aromatic rings. The average Bonchev–Trinajstić information content (AvgIpc) is 2.71. The zero-order valence-electron chi connectivity index (χ0n) is 12.8. The van der Waals surface area contributed by atoms with Crippen LogP contribution in [0.5, 0.6) is 0 Å². The SMILES string of the molecule is Cc1n[nH]c(C)c1CC(=O)NCC[C@@H]1CCCN(C)C1. The number of aryl methyl sites for hydroxylation is 2. The maximum absolute atomic E-state index is 12.0. The second-order valence-corrected chi connectivity index (χ2v) is 6.00. The topological polar surface area (TPSA) is 61.0 Å². The molecule has 2 heterocycles. The number of carbonyl (C=O) groups is 1. The molecule has 0 aliphatic carbocycles. The van der Waals surface area contributed by atoms with Gasteiger partial charge in [0, 0.05) is 24.3 Å². The summed E-state index contributed by atoms with van der Waals surface area (Å²) in [7, 11) is 2.18. The van der Waals surface area contributed by atoms with Gasteiger partial charge in [-0.2, -0.15) is 5.10 Å². The highest BCUT2D eigenvalue weighted by Gasteiger charge is 2.17. The largest absolute Gasteiger partial charge is 0.356 e. The molecule has 0 unspecified atom stereocenters.